The molecule has 0 bridgehead atoms. The van der Waals surface area contributed by atoms with Crippen LogP contribution in [0.3, 0.4) is 0 Å². The normalized spacial score (nSPS) is 16.5. The maximum absolute atomic E-state index is 13.1. The zero-order chi connectivity index (χ0) is 22.0. The van der Waals surface area contributed by atoms with Gasteiger partial charge in [-0.2, -0.15) is 0 Å². The van der Waals surface area contributed by atoms with E-state index in [1.807, 2.05) is 54.3 Å². The Morgan fingerprint density at radius 3 is 2.39 bits per heavy atom. The van der Waals surface area contributed by atoms with Gasteiger partial charge < -0.3 is 9.80 Å². The summed E-state index contributed by atoms with van der Waals surface area (Å²) in [6.07, 6.45) is 0.417. The molecule has 0 aliphatic carbocycles. The van der Waals surface area contributed by atoms with Gasteiger partial charge in [-0.1, -0.05) is 71.2 Å². The number of aryl methyl sites for hydroxylation is 2. The highest BCUT2D eigenvalue weighted by molar-refractivity contribution is 6.33. The van der Waals surface area contributed by atoms with Crippen LogP contribution in [0.25, 0.3) is 0 Å². The predicted octanol–water partition coefficient (Wildman–Crippen LogP) is 6.24. The zero-order valence-corrected chi connectivity index (χ0v) is 19.3. The van der Waals surface area contributed by atoms with Crippen LogP contribution in [-0.4, -0.2) is 30.4 Å². The van der Waals surface area contributed by atoms with Gasteiger partial charge in [-0.25, -0.2) is 0 Å². The van der Waals surface area contributed by atoms with Gasteiger partial charge in [0.2, 0.25) is 5.91 Å². The monoisotopic (exact) mass is 452 g/mol. The Kier molecular flexibility index (Phi) is 6.54. The molecule has 1 fully saturated rings. The third-order valence-electron chi connectivity index (χ3n) is 5.84. The van der Waals surface area contributed by atoms with Crippen LogP contribution in [0.2, 0.25) is 10.0 Å². The van der Waals surface area contributed by atoms with E-state index in [4.69, 9.17) is 23.2 Å². The lowest BCUT2D eigenvalue weighted by Gasteiger charge is -2.43. The lowest BCUT2D eigenvalue weighted by atomic mass is 10.00. The van der Waals surface area contributed by atoms with Crippen LogP contribution in [0, 0.1) is 13.8 Å². The Bertz CT molecular complexity index is 1080. The molecule has 1 heterocycles. The lowest BCUT2D eigenvalue weighted by molar-refractivity contribution is -0.131. The molecule has 1 aliphatic rings. The summed E-state index contributed by atoms with van der Waals surface area (Å²) >= 11 is 12.7. The number of piperazine rings is 1. The molecule has 1 atom stereocenters. The van der Waals surface area contributed by atoms with E-state index in [0.717, 1.165) is 33.9 Å². The molecule has 5 heteroatoms. The second-order valence-corrected chi connectivity index (χ2v) is 9.06. The highest BCUT2D eigenvalue weighted by atomic mass is 35.5. The second kappa shape index (κ2) is 9.33. The third kappa shape index (κ3) is 5.06. The van der Waals surface area contributed by atoms with Crippen molar-refractivity contribution >= 4 is 34.8 Å². The number of carbonyl (C=O) groups excluding carboxylic acids is 1. The highest BCUT2D eigenvalue weighted by Gasteiger charge is 2.31. The first kappa shape index (κ1) is 21.7. The molecule has 0 spiro atoms. The first-order valence-corrected chi connectivity index (χ1v) is 11.3. The summed E-state index contributed by atoms with van der Waals surface area (Å²) in [7, 11) is 0. The highest BCUT2D eigenvalue weighted by Crippen LogP contribution is 2.36. The smallest absolute Gasteiger partial charge is 0.227 e. The number of hydrogen-bond donors (Lipinski definition) is 0. The van der Waals surface area contributed by atoms with Crippen LogP contribution in [0.15, 0.2) is 66.7 Å². The first-order valence-electron chi connectivity index (χ1n) is 10.5. The molecular formula is C26H26Cl2N2O. The molecule has 1 aliphatic heterocycles. The average Bonchev–Trinajstić information content (AvgIpc) is 2.74. The van der Waals surface area contributed by atoms with Crippen molar-refractivity contribution in [3.05, 3.63) is 99.0 Å². The van der Waals surface area contributed by atoms with Gasteiger partial charge in [0.15, 0.2) is 0 Å². The molecule has 0 aromatic heterocycles. The number of anilines is 1. The molecule has 31 heavy (non-hydrogen) atoms. The van der Waals surface area contributed by atoms with Crippen molar-refractivity contribution in [2.75, 3.05) is 24.5 Å². The van der Waals surface area contributed by atoms with Crippen molar-refractivity contribution in [2.45, 2.75) is 26.3 Å². The fourth-order valence-corrected chi connectivity index (χ4v) is 4.69. The molecule has 0 radical (unpaired) electrons. The molecule has 3 nitrogen and oxygen atoms in total. The Morgan fingerprint density at radius 1 is 0.935 bits per heavy atom. The fraction of sp³-hybridized carbons (Fsp3) is 0.269. The summed E-state index contributed by atoms with van der Waals surface area (Å²) in [5.74, 6) is 0.152. The Balaban J connectivity index is 1.60. The number of amides is 1. The van der Waals surface area contributed by atoms with Gasteiger partial charge in [-0.05, 0) is 54.8 Å². The van der Waals surface area contributed by atoms with E-state index in [1.165, 1.54) is 5.56 Å². The molecule has 3 aromatic rings. The predicted molar refractivity (Wildman–Crippen MR) is 129 cm³/mol. The standard InChI is InChI=1S/C26H26Cl2N2O/c1-18-4-3-5-20(14-18)16-26(31)29-12-13-30(24-11-6-19(2)15-23(24)28)25(17-29)21-7-9-22(27)10-8-21/h3-11,14-15,25H,12-13,16-17H2,1-2H3. The fourth-order valence-electron chi connectivity index (χ4n) is 4.22. The lowest BCUT2D eigenvalue weighted by Crippen LogP contribution is -2.51. The van der Waals surface area contributed by atoms with Gasteiger partial charge >= 0.3 is 0 Å². The summed E-state index contributed by atoms with van der Waals surface area (Å²) in [4.78, 5) is 17.4. The van der Waals surface area contributed by atoms with Crippen molar-refractivity contribution in [3.8, 4) is 0 Å². The minimum absolute atomic E-state index is 0.00711. The van der Waals surface area contributed by atoms with Gasteiger partial charge in [0.05, 0.1) is 23.2 Å². The Labute approximate surface area is 194 Å². The zero-order valence-electron chi connectivity index (χ0n) is 17.8. The van der Waals surface area contributed by atoms with E-state index >= 15 is 0 Å². The van der Waals surface area contributed by atoms with E-state index < -0.39 is 0 Å². The molecule has 1 unspecified atom stereocenters. The van der Waals surface area contributed by atoms with Crippen molar-refractivity contribution in [1.82, 2.24) is 4.90 Å². The van der Waals surface area contributed by atoms with Crippen molar-refractivity contribution in [1.29, 1.82) is 0 Å². The van der Waals surface area contributed by atoms with Crippen LogP contribution in [0.4, 0.5) is 5.69 Å². The van der Waals surface area contributed by atoms with Gasteiger partial charge in [0.1, 0.15) is 0 Å². The minimum atomic E-state index is 0.00711. The van der Waals surface area contributed by atoms with Crippen LogP contribution in [0.5, 0.6) is 0 Å². The number of halogens is 2. The largest absolute Gasteiger partial charge is 0.360 e. The number of benzene rings is 3. The number of carbonyl (C=O) groups is 1. The van der Waals surface area contributed by atoms with Crippen LogP contribution in [-0.2, 0) is 11.2 Å². The molecule has 160 valence electrons. The van der Waals surface area contributed by atoms with Crippen LogP contribution >= 0.6 is 23.2 Å². The number of rotatable bonds is 4. The average molecular weight is 453 g/mol. The molecule has 4 rings (SSSR count). The second-order valence-electron chi connectivity index (χ2n) is 8.22. The van der Waals surface area contributed by atoms with Crippen molar-refractivity contribution in [2.24, 2.45) is 0 Å². The van der Waals surface area contributed by atoms with Gasteiger partial charge in [-0.3, -0.25) is 4.79 Å². The minimum Gasteiger partial charge on any atom is -0.360 e. The van der Waals surface area contributed by atoms with Gasteiger partial charge in [0.25, 0.3) is 0 Å². The molecule has 3 aromatic carbocycles. The number of hydrogen-bond acceptors (Lipinski definition) is 2. The molecule has 0 saturated carbocycles. The summed E-state index contributed by atoms with van der Waals surface area (Å²) in [5, 5.41) is 1.44. The molecule has 0 N–H and O–H groups in total. The van der Waals surface area contributed by atoms with Crippen molar-refractivity contribution in [3.63, 3.8) is 0 Å². The van der Waals surface area contributed by atoms with Crippen LogP contribution in [0.1, 0.15) is 28.3 Å². The molecule has 1 saturated heterocycles. The number of nitrogens with zero attached hydrogens (tertiary/aromatic N) is 2. The summed E-state index contributed by atoms with van der Waals surface area (Å²) in [6.45, 7) is 6.08. The van der Waals surface area contributed by atoms with Gasteiger partial charge in [-0.15, -0.1) is 0 Å². The van der Waals surface area contributed by atoms with E-state index in [9.17, 15) is 4.79 Å². The maximum atomic E-state index is 13.1. The molecular weight excluding hydrogens is 427 g/mol. The summed E-state index contributed by atoms with van der Waals surface area (Å²) in [5.41, 5.74) is 5.47. The summed E-state index contributed by atoms with van der Waals surface area (Å²) < 4.78 is 0. The maximum Gasteiger partial charge on any atom is 0.227 e. The topological polar surface area (TPSA) is 23.6 Å². The summed E-state index contributed by atoms with van der Waals surface area (Å²) in [6, 6.07) is 22.2. The third-order valence-corrected chi connectivity index (χ3v) is 6.39. The Morgan fingerprint density at radius 2 is 1.68 bits per heavy atom. The van der Waals surface area contributed by atoms with E-state index in [1.54, 1.807) is 0 Å². The van der Waals surface area contributed by atoms with E-state index in [-0.39, 0.29) is 11.9 Å². The Hall–Kier alpha value is -2.49. The SMILES string of the molecule is Cc1cccc(CC(=O)N2CCN(c3ccc(C)cc3Cl)C(c3ccc(Cl)cc3)C2)c1. The van der Waals surface area contributed by atoms with Gasteiger partial charge in [0, 0.05) is 24.7 Å². The quantitative estimate of drug-likeness (QED) is 0.467. The van der Waals surface area contributed by atoms with E-state index in [2.05, 4.69) is 36.1 Å². The first-order chi connectivity index (χ1) is 14.9. The van der Waals surface area contributed by atoms with E-state index in [0.29, 0.717) is 24.5 Å². The molecule has 1 amide bonds. The van der Waals surface area contributed by atoms with Crippen molar-refractivity contribution < 1.29 is 4.79 Å². The van der Waals surface area contributed by atoms with Crippen LogP contribution < -0.4 is 4.90 Å².